The van der Waals surface area contributed by atoms with Gasteiger partial charge >= 0.3 is 5.69 Å². The first-order chi connectivity index (χ1) is 10.7. The summed E-state index contributed by atoms with van der Waals surface area (Å²) in [5, 5.41) is 0.479. The Kier molecular flexibility index (Phi) is 2.75. The van der Waals surface area contributed by atoms with Crippen LogP contribution in [0.2, 0.25) is 0 Å². The summed E-state index contributed by atoms with van der Waals surface area (Å²) in [6, 6.07) is 12.4. The topological polar surface area (TPSA) is 73.3 Å². The standard InChI is InChI=1S/C16H12N2O4/c19-15-11-5-1-2-6-12(11)17-16(20)18(15)8-10-4-3-7-13-14(10)22-9-21-13/h1-7H,8-9H2,(H,17,20). The van der Waals surface area contributed by atoms with Gasteiger partial charge in [0.15, 0.2) is 11.5 Å². The van der Waals surface area contributed by atoms with Crippen LogP contribution < -0.4 is 20.7 Å². The van der Waals surface area contributed by atoms with E-state index in [1.807, 2.05) is 12.1 Å². The SMILES string of the molecule is O=c1[nH]c2ccccc2c(=O)n1Cc1cccc2c1OCO2. The number of H-pyrrole nitrogens is 1. The molecule has 1 aliphatic rings. The lowest BCUT2D eigenvalue weighted by atomic mass is 10.2. The van der Waals surface area contributed by atoms with Crippen molar-refractivity contribution in [2.75, 3.05) is 6.79 Å². The molecule has 110 valence electrons. The number of rotatable bonds is 2. The van der Waals surface area contributed by atoms with Gasteiger partial charge in [-0.25, -0.2) is 4.79 Å². The molecule has 1 aromatic heterocycles. The second-order valence-corrected chi connectivity index (χ2v) is 5.02. The Morgan fingerprint density at radius 1 is 1.05 bits per heavy atom. The first kappa shape index (κ1) is 12.7. The third-order valence-electron chi connectivity index (χ3n) is 3.70. The number of nitrogens with zero attached hydrogens (tertiary/aromatic N) is 1. The molecule has 3 aromatic rings. The van der Waals surface area contributed by atoms with E-state index in [1.165, 1.54) is 4.57 Å². The van der Waals surface area contributed by atoms with Gasteiger partial charge in [-0.1, -0.05) is 24.3 Å². The zero-order valence-electron chi connectivity index (χ0n) is 11.5. The molecule has 1 N–H and O–H groups in total. The van der Waals surface area contributed by atoms with Crippen molar-refractivity contribution in [1.29, 1.82) is 0 Å². The number of benzene rings is 2. The highest BCUT2D eigenvalue weighted by atomic mass is 16.7. The molecule has 0 saturated heterocycles. The van der Waals surface area contributed by atoms with Gasteiger partial charge in [0.05, 0.1) is 17.4 Å². The van der Waals surface area contributed by atoms with Crippen molar-refractivity contribution in [3.63, 3.8) is 0 Å². The van der Waals surface area contributed by atoms with Crippen molar-refractivity contribution in [2.45, 2.75) is 6.54 Å². The van der Waals surface area contributed by atoms with E-state index < -0.39 is 5.69 Å². The van der Waals surface area contributed by atoms with Crippen LogP contribution in [-0.4, -0.2) is 16.3 Å². The Hall–Kier alpha value is -3.02. The summed E-state index contributed by atoms with van der Waals surface area (Å²) in [7, 11) is 0. The van der Waals surface area contributed by atoms with Crippen LogP contribution in [0, 0.1) is 0 Å². The molecule has 0 saturated carbocycles. The van der Waals surface area contributed by atoms with Gasteiger partial charge in [0.2, 0.25) is 6.79 Å². The van der Waals surface area contributed by atoms with E-state index in [0.717, 1.165) is 5.56 Å². The minimum absolute atomic E-state index is 0.130. The van der Waals surface area contributed by atoms with Crippen molar-refractivity contribution < 1.29 is 9.47 Å². The minimum atomic E-state index is -0.444. The fraction of sp³-hybridized carbons (Fsp3) is 0.125. The second-order valence-electron chi connectivity index (χ2n) is 5.02. The molecule has 22 heavy (non-hydrogen) atoms. The van der Waals surface area contributed by atoms with E-state index in [0.29, 0.717) is 22.4 Å². The molecule has 4 rings (SSSR count). The van der Waals surface area contributed by atoms with Crippen molar-refractivity contribution in [3.05, 3.63) is 68.9 Å². The van der Waals surface area contributed by atoms with Crippen LogP contribution in [0.3, 0.4) is 0 Å². The molecule has 0 radical (unpaired) electrons. The number of hydrogen-bond donors (Lipinski definition) is 1. The molecule has 2 aromatic carbocycles. The fourth-order valence-electron chi connectivity index (χ4n) is 2.63. The number of aromatic nitrogens is 2. The molecule has 0 fully saturated rings. The largest absolute Gasteiger partial charge is 0.454 e. The summed E-state index contributed by atoms with van der Waals surface area (Å²) in [6.07, 6.45) is 0. The van der Waals surface area contributed by atoms with Crippen molar-refractivity contribution in [2.24, 2.45) is 0 Å². The Bertz CT molecular complexity index is 987. The number of hydrogen-bond acceptors (Lipinski definition) is 4. The number of nitrogens with one attached hydrogen (secondary N) is 1. The maximum absolute atomic E-state index is 12.5. The molecule has 0 spiro atoms. The normalized spacial score (nSPS) is 12.7. The number of ether oxygens (including phenoxy) is 2. The molecule has 0 aliphatic carbocycles. The molecular weight excluding hydrogens is 284 g/mol. The zero-order chi connectivity index (χ0) is 15.1. The molecule has 0 amide bonds. The summed E-state index contributed by atoms with van der Waals surface area (Å²) in [4.78, 5) is 27.4. The summed E-state index contributed by atoms with van der Waals surface area (Å²) in [5.74, 6) is 1.21. The highest BCUT2D eigenvalue weighted by Gasteiger charge is 2.18. The van der Waals surface area contributed by atoms with Crippen LogP contribution in [0.15, 0.2) is 52.1 Å². The van der Waals surface area contributed by atoms with E-state index >= 15 is 0 Å². The van der Waals surface area contributed by atoms with Gasteiger partial charge in [0.1, 0.15) is 0 Å². The summed E-state index contributed by atoms with van der Waals surface area (Å²) in [6.45, 7) is 0.279. The predicted molar refractivity (Wildman–Crippen MR) is 80.5 cm³/mol. The Morgan fingerprint density at radius 2 is 1.91 bits per heavy atom. The van der Waals surface area contributed by atoms with Gasteiger partial charge in [-0.3, -0.25) is 9.36 Å². The summed E-state index contributed by atoms with van der Waals surface area (Å²) < 4.78 is 11.9. The Morgan fingerprint density at radius 3 is 2.82 bits per heavy atom. The zero-order valence-corrected chi connectivity index (χ0v) is 11.5. The van der Waals surface area contributed by atoms with Crippen LogP contribution in [0.1, 0.15) is 5.56 Å². The third-order valence-corrected chi connectivity index (χ3v) is 3.70. The van der Waals surface area contributed by atoms with Gasteiger partial charge < -0.3 is 14.5 Å². The summed E-state index contributed by atoms with van der Waals surface area (Å²) >= 11 is 0. The maximum atomic E-state index is 12.5. The average molecular weight is 296 g/mol. The molecule has 2 heterocycles. The highest BCUT2D eigenvalue weighted by molar-refractivity contribution is 5.76. The van der Waals surface area contributed by atoms with Crippen molar-refractivity contribution in [3.8, 4) is 11.5 Å². The average Bonchev–Trinajstić information content (AvgIpc) is 3.01. The van der Waals surface area contributed by atoms with Gasteiger partial charge in [-0.2, -0.15) is 0 Å². The Labute approximate surface area is 124 Å². The van der Waals surface area contributed by atoms with E-state index in [9.17, 15) is 9.59 Å². The van der Waals surface area contributed by atoms with E-state index in [2.05, 4.69) is 4.98 Å². The van der Waals surface area contributed by atoms with E-state index in [1.54, 1.807) is 30.3 Å². The Balaban J connectivity index is 1.88. The molecule has 1 aliphatic heterocycles. The molecule has 0 atom stereocenters. The smallest absolute Gasteiger partial charge is 0.329 e. The van der Waals surface area contributed by atoms with Crippen molar-refractivity contribution >= 4 is 10.9 Å². The third kappa shape index (κ3) is 1.88. The van der Waals surface area contributed by atoms with Crippen molar-refractivity contribution in [1.82, 2.24) is 9.55 Å². The minimum Gasteiger partial charge on any atom is -0.454 e. The molecular formula is C16H12N2O4. The van der Waals surface area contributed by atoms with Gasteiger partial charge in [-0.05, 0) is 18.2 Å². The van der Waals surface area contributed by atoms with Crippen LogP contribution in [0.4, 0.5) is 0 Å². The molecule has 6 nitrogen and oxygen atoms in total. The summed E-state index contributed by atoms with van der Waals surface area (Å²) in [5.41, 5.74) is 0.501. The van der Waals surface area contributed by atoms with Crippen LogP contribution >= 0.6 is 0 Å². The first-order valence-electron chi connectivity index (χ1n) is 6.83. The monoisotopic (exact) mass is 296 g/mol. The van der Waals surface area contributed by atoms with Gasteiger partial charge in [0, 0.05) is 5.56 Å². The number of aromatic amines is 1. The predicted octanol–water partition coefficient (Wildman–Crippen LogP) is 1.47. The van der Waals surface area contributed by atoms with E-state index in [4.69, 9.17) is 9.47 Å². The highest BCUT2D eigenvalue weighted by Crippen LogP contribution is 2.35. The molecule has 6 heteroatoms. The van der Waals surface area contributed by atoms with Crippen LogP contribution in [0.25, 0.3) is 10.9 Å². The lowest BCUT2D eigenvalue weighted by molar-refractivity contribution is 0.173. The van der Waals surface area contributed by atoms with Gasteiger partial charge in [0.25, 0.3) is 5.56 Å². The fourth-order valence-corrected chi connectivity index (χ4v) is 2.63. The molecule has 0 unspecified atom stereocenters. The molecule has 0 bridgehead atoms. The lowest BCUT2D eigenvalue weighted by Gasteiger charge is -2.08. The lowest BCUT2D eigenvalue weighted by Crippen LogP contribution is -2.35. The van der Waals surface area contributed by atoms with E-state index in [-0.39, 0.29) is 18.9 Å². The van der Waals surface area contributed by atoms with Gasteiger partial charge in [-0.15, -0.1) is 0 Å². The van der Waals surface area contributed by atoms with Crippen LogP contribution in [0.5, 0.6) is 11.5 Å². The number of fused-ring (bicyclic) bond motifs is 2. The van der Waals surface area contributed by atoms with Crippen LogP contribution in [-0.2, 0) is 6.54 Å². The first-order valence-corrected chi connectivity index (χ1v) is 6.83. The second kappa shape index (κ2) is 4.77. The maximum Gasteiger partial charge on any atom is 0.329 e. The quantitative estimate of drug-likeness (QED) is 0.777. The number of para-hydroxylation sites is 2.